The van der Waals surface area contributed by atoms with Gasteiger partial charge in [0.25, 0.3) is 5.91 Å². The molecule has 2 N–H and O–H groups in total. The van der Waals surface area contributed by atoms with Gasteiger partial charge in [0, 0.05) is 18.7 Å². The van der Waals surface area contributed by atoms with Crippen LogP contribution in [0.4, 0.5) is 24.8 Å². The number of thiophene rings is 1. The maximum atomic E-state index is 13.2. The molecule has 3 aromatic heterocycles. The fraction of sp³-hybridized carbons (Fsp3) is 0.360. The van der Waals surface area contributed by atoms with E-state index in [1.54, 1.807) is 43.7 Å². The fourth-order valence-electron chi connectivity index (χ4n) is 3.93. The zero-order chi connectivity index (χ0) is 28.0. The standard InChI is InChI=1S/C25H26F3N5O4S/c1-13(2)33(22(35)25(26,27)28)15-6-7-17-16(10-15)30-23(32(17)12-24(4,5)36)31-21(34)20-9-8-19(38-20)18-11-29-14(3)37-18/h6-11,13,36H,12H2,1-5H3,(H,30,31,34). The molecule has 0 saturated carbocycles. The third kappa shape index (κ3) is 5.73. The lowest BCUT2D eigenvalue weighted by Gasteiger charge is -2.27. The molecule has 3 heterocycles. The largest absolute Gasteiger partial charge is 0.471 e. The first-order valence-electron chi connectivity index (χ1n) is 11.6. The number of aryl methyl sites for hydroxylation is 1. The topological polar surface area (TPSA) is 113 Å². The summed E-state index contributed by atoms with van der Waals surface area (Å²) >= 11 is 1.18. The molecule has 0 atom stereocenters. The summed E-state index contributed by atoms with van der Waals surface area (Å²) in [6.07, 6.45) is -3.49. The van der Waals surface area contributed by atoms with E-state index in [0.29, 0.717) is 31.8 Å². The first-order valence-corrected chi connectivity index (χ1v) is 12.4. The van der Waals surface area contributed by atoms with Crippen LogP contribution in [0, 0.1) is 6.92 Å². The SMILES string of the molecule is Cc1ncc(-c2ccc(C(=O)Nc3nc4cc(N(C(=O)C(F)(F)F)C(C)C)ccc4n3CC(C)(C)O)s2)o1. The Morgan fingerprint density at radius 2 is 1.92 bits per heavy atom. The number of hydrogen-bond donors (Lipinski definition) is 2. The molecule has 9 nitrogen and oxygen atoms in total. The van der Waals surface area contributed by atoms with Gasteiger partial charge in [-0.05, 0) is 58.0 Å². The highest BCUT2D eigenvalue weighted by atomic mass is 32.1. The van der Waals surface area contributed by atoms with Crippen molar-refractivity contribution in [2.24, 2.45) is 0 Å². The number of aromatic nitrogens is 3. The molecule has 1 aromatic carbocycles. The van der Waals surface area contributed by atoms with Crippen molar-refractivity contribution < 1.29 is 32.3 Å². The molecule has 4 aromatic rings. The summed E-state index contributed by atoms with van der Waals surface area (Å²) in [5, 5.41) is 13.2. The highest BCUT2D eigenvalue weighted by molar-refractivity contribution is 7.17. The molecular weight excluding hydrogens is 523 g/mol. The second-order valence-corrected chi connectivity index (χ2v) is 10.7. The molecule has 0 aliphatic carbocycles. The number of carbonyl (C=O) groups is 2. The van der Waals surface area contributed by atoms with Gasteiger partial charge >= 0.3 is 12.1 Å². The summed E-state index contributed by atoms with van der Waals surface area (Å²) in [6.45, 7) is 7.84. The lowest BCUT2D eigenvalue weighted by molar-refractivity contribution is -0.170. The Bertz CT molecular complexity index is 1500. The van der Waals surface area contributed by atoms with Crippen LogP contribution in [0.25, 0.3) is 21.7 Å². The zero-order valence-electron chi connectivity index (χ0n) is 21.3. The van der Waals surface area contributed by atoms with Crippen molar-refractivity contribution in [2.75, 3.05) is 10.2 Å². The third-order valence-electron chi connectivity index (χ3n) is 5.45. The van der Waals surface area contributed by atoms with Crippen molar-refractivity contribution in [3.63, 3.8) is 0 Å². The van der Waals surface area contributed by atoms with Crippen LogP contribution in [0.1, 0.15) is 43.3 Å². The predicted octanol–water partition coefficient (Wildman–Crippen LogP) is 5.39. The summed E-state index contributed by atoms with van der Waals surface area (Å²) in [4.78, 5) is 35.4. The van der Waals surface area contributed by atoms with Crippen molar-refractivity contribution >= 4 is 45.8 Å². The van der Waals surface area contributed by atoms with Gasteiger partial charge in [-0.25, -0.2) is 9.97 Å². The Kier molecular flexibility index (Phi) is 7.10. The number of nitrogens with one attached hydrogen (secondary N) is 1. The number of alkyl halides is 3. The van der Waals surface area contributed by atoms with Gasteiger partial charge in [0.1, 0.15) is 0 Å². The predicted molar refractivity (Wildman–Crippen MR) is 137 cm³/mol. The number of amides is 2. The molecule has 0 aliphatic heterocycles. The Hall–Kier alpha value is -3.71. The minimum Gasteiger partial charge on any atom is -0.440 e. The van der Waals surface area contributed by atoms with Crippen molar-refractivity contribution in [2.45, 2.75) is 59.0 Å². The molecule has 2 amide bonds. The number of halogens is 3. The lowest BCUT2D eigenvalue weighted by atomic mass is 10.1. The van der Waals surface area contributed by atoms with Gasteiger partial charge in [0.05, 0.1) is 39.1 Å². The number of rotatable bonds is 7. The van der Waals surface area contributed by atoms with Crippen LogP contribution in [0.2, 0.25) is 0 Å². The smallest absolute Gasteiger partial charge is 0.440 e. The number of carbonyl (C=O) groups excluding carboxylic acids is 2. The average Bonchev–Trinajstić information content (AvgIpc) is 3.51. The van der Waals surface area contributed by atoms with Gasteiger partial charge in [-0.3, -0.25) is 14.9 Å². The van der Waals surface area contributed by atoms with Gasteiger partial charge in [0.15, 0.2) is 11.7 Å². The minimum atomic E-state index is -5.05. The molecule has 202 valence electrons. The monoisotopic (exact) mass is 549 g/mol. The van der Waals surface area contributed by atoms with Gasteiger partial charge < -0.3 is 19.0 Å². The van der Waals surface area contributed by atoms with Gasteiger partial charge in [-0.2, -0.15) is 13.2 Å². The van der Waals surface area contributed by atoms with Crippen LogP contribution >= 0.6 is 11.3 Å². The van der Waals surface area contributed by atoms with Gasteiger partial charge in [-0.1, -0.05) is 0 Å². The second-order valence-electron chi connectivity index (χ2n) is 9.64. The number of aliphatic hydroxyl groups is 1. The van der Waals surface area contributed by atoms with E-state index in [-0.39, 0.29) is 23.7 Å². The molecule has 0 saturated heterocycles. The van der Waals surface area contributed by atoms with Crippen LogP contribution in [0.3, 0.4) is 0 Å². The van der Waals surface area contributed by atoms with E-state index >= 15 is 0 Å². The maximum Gasteiger partial charge on any atom is 0.471 e. The summed E-state index contributed by atoms with van der Waals surface area (Å²) in [6, 6.07) is 6.81. The summed E-state index contributed by atoms with van der Waals surface area (Å²) in [5.74, 6) is -1.36. The number of oxazole rings is 1. The van der Waals surface area contributed by atoms with E-state index in [4.69, 9.17) is 4.42 Å². The molecule has 0 bridgehead atoms. The molecule has 0 spiro atoms. The van der Waals surface area contributed by atoms with E-state index in [0.717, 1.165) is 0 Å². The van der Waals surface area contributed by atoms with Crippen LogP contribution in [-0.4, -0.2) is 49.3 Å². The highest BCUT2D eigenvalue weighted by Crippen LogP contribution is 2.32. The molecular formula is C25H26F3N5O4S. The van der Waals surface area contributed by atoms with Crippen molar-refractivity contribution in [1.29, 1.82) is 0 Å². The van der Waals surface area contributed by atoms with Crippen molar-refractivity contribution in [3.05, 3.63) is 47.3 Å². The Balaban J connectivity index is 1.71. The van der Waals surface area contributed by atoms with E-state index in [2.05, 4.69) is 15.3 Å². The number of benzene rings is 1. The van der Waals surface area contributed by atoms with E-state index in [1.807, 2.05) is 0 Å². The molecule has 0 aliphatic rings. The molecule has 0 unspecified atom stereocenters. The minimum absolute atomic E-state index is 0.00543. The Labute approximate surface area is 219 Å². The maximum absolute atomic E-state index is 13.2. The third-order valence-corrected chi connectivity index (χ3v) is 6.55. The van der Waals surface area contributed by atoms with E-state index < -0.39 is 29.6 Å². The summed E-state index contributed by atoms with van der Waals surface area (Å²) in [5.41, 5.74) is -0.502. The zero-order valence-corrected chi connectivity index (χ0v) is 22.1. The highest BCUT2D eigenvalue weighted by Gasteiger charge is 2.44. The lowest BCUT2D eigenvalue weighted by Crippen LogP contribution is -2.45. The molecule has 0 radical (unpaired) electrons. The quantitative estimate of drug-likeness (QED) is 0.320. The molecule has 4 rings (SSSR count). The number of anilines is 2. The normalized spacial score (nSPS) is 12.4. The second kappa shape index (κ2) is 9.87. The number of hydrogen-bond acceptors (Lipinski definition) is 7. The summed E-state index contributed by atoms with van der Waals surface area (Å²) in [7, 11) is 0. The first-order chi connectivity index (χ1) is 17.6. The summed E-state index contributed by atoms with van der Waals surface area (Å²) < 4.78 is 46.8. The van der Waals surface area contributed by atoms with E-state index in [9.17, 15) is 27.9 Å². The molecule has 38 heavy (non-hydrogen) atoms. The average molecular weight is 550 g/mol. The number of fused-ring (bicyclic) bond motifs is 1. The van der Waals surface area contributed by atoms with Crippen LogP contribution in [0.5, 0.6) is 0 Å². The Morgan fingerprint density at radius 1 is 1.21 bits per heavy atom. The number of imidazole rings is 1. The van der Waals surface area contributed by atoms with Crippen LogP contribution in [0.15, 0.2) is 40.9 Å². The molecule has 13 heteroatoms. The van der Waals surface area contributed by atoms with Crippen molar-refractivity contribution in [1.82, 2.24) is 14.5 Å². The van der Waals surface area contributed by atoms with Crippen molar-refractivity contribution in [3.8, 4) is 10.6 Å². The number of nitrogens with zero attached hydrogens (tertiary/aromatic N) is 4. The van der Waals surface area contributed by atoms with Crippen LogP contribution < -0.4 is 10.2 Å². The van der Waals surface area contributed by atoms with Crippen LogP contribution in [-0.2, 0) is 11.3 Å². The molecule has 0 fully saturated rings. The Morgan fingerprint density at radius 3 is 2.50 bits per heavy atom. The van der Waals surface area contributed by atoms with Gasteiger partial charge in [-0.15, -0.1) is 11.3 Å². The fourth-order valence-corrected chi connectivity index (χ4v) is 4.78. The van der Waals surface area contributed by atoms with E-state index in [1.165, 1.54) is 43.4 Å². The van der Waals surface area contributed by atoms with Gasteiger partial charge in [0.2, 0.25) is 5.95 Å². The first kappa shape index (κ1) is 27.3.